The van der Waals surface area contributed by atoms with Gasteiger partial charge >= 0.3 is 0 Å². The second-order valence-corrected chi connectivity index (χ2v) is 5.94. The zero-order valence-corrected chi connectivity index (χ0v) is 13.6. The number of carbonyl (C=O) groups is 1. The number of rotatable bonds is 6. The van der Waals surface area contributed by atoms with Crippen molar-refractivity contribution in [2.24, 2.45) is 0 Å². The number of aromatic nitrogens is 2. The molecule has 0 radical (unpaired) electrons. The van der Waals surface area contributed by atoms with Gasteiger partial charge in [0.15, 0.2) is 5.78 Å². The number of nitrogens with zero attached hydrogens (tertiary/aromatic N) is 2. The molecule has 24 heavy (non-hydrogen) atoms. The van der Waals surface area contributed by atoms with Crippen molar-refractivity contribution in [2.75, 3.05) is 0 Å². The number of benzene rings is 2. The number of carbonyl (C=O) groups excluding carboxylic acids is 1. The predicted octanol–water partition coefficient (Wildman–Crippen LogP) is 3.16. The van der Waals surface area contributed by atoms with Crippen LogP contribution in [-0.4, -0.2) is 20.4 Å². The maximum Gasteiger partial charge on any atom is 0.169 e. The number of ketones is 1. The van der Waals surface area contributed by atoms with E-state index < -0.39 is 0 Å². The lowest BCUT2D eigenvalue weighted by atomic mass is 10.0. The van der Waals surface area contributed by atoms with E-state index in [4.69, 9.17) is 0 Å². The summed E-state index contributed by atoms with van der Waals surface area (Å²) < 4.78 is 1.98. The molecule has 0 aliphatic heterocycles. The van der Waals surface area contributed by atoms with Crippen LogP contribution in [0.1, 0.15) is 32.7 Å². The molecule has 0 unspecified atom stereocenters. The van der Waals surface area contributed by atoms with Gasteiger partial charge in [0.2, 0.25) is 0 Å². The first-order valence-electron chi connectivity index (χ1n) is 7.94. The van der Waals surface area contributed by atoms with E-state index in [1.54, 1.807) is 18.5 Å². The Morgan fingerprint density at radius 2 is 2.00 bits per heavy atom. The topological polar surface area (TPSA) is 55.1 Å². The van der Waals surface area contributed by atoms with Gasteiger partial charge in [-0.3, -0.25) is 4.79 Å². The molecular weight excluding hydrogens is 300 g/mol. The molecule has 1 aromatic heterocycles. The quantitative estimate of drug-likeness (QED) is 0.710. The molecule has 0 atom stereocenters. The van der Waals surface area contributed by atoms with Crippen LogP contribution in [0.3, 0.4) is 0 Å². The summed E-state index contributed by atoms with van der Waals surface area (Å²) >= 11 is 0. The lowest BCUT2D eigenvalue weighted by Gasteiger charge is -2.05. The van der Waals surface area contributed by atoms with Gasteiger partial charge in [0, 0.05) is 18.3 Å². The van der Waals surface area contributed by atoms with E-state index in [1.807, 2.05) is 29.0 Å². The van der Waals surface area contributed by atoms with E-state index in [0.29, 0.717) is 11.1 Å². The summed E-state index contributed by atoms with van der Waals surface area (Å²) in [6, 6.07) is 15.5. The van der Waals surface area contributed by atoms with E-state index in [1.165, 1.54) is 11.1 Å². The molecule has 0 aliphatic rings. The second kappa shape index (κ2) is 7.23. The minimum atomic E-state index is -0.135. The van der Waals surface area contributed by atoms with Crippen LogP contribution >= 0.6 is 0 Å². The van der Waals surface area contributed by atoms with Crippen molar-refractivity contribution in [3.63, 3.8) is 0 Å². The first kappa shape index (κ1) is 16.1. The van der Waals surface area contributed by atoms with Gasteiger partial charge in [0.05, 0.1) is 25.0 Å². The van der Waals surface area contributed by atoms with E-state index in [2.05, 4.69) is 30.1 Å². The van der Waals surface area contributed by atoms with E-state index in [0.717, 1.165) is 12.2 Å². The zero-order valence-electron chi connectivity index (χ0n) is 13.6. The van der Waals surface area contributed by atoms with Crippen LogP contribution in [-0.2, 0) is 19.6 Å². The molecule has 0 saturated carbocycles. The third kappa shape index (κ3) is 3.78. The van der Waals surface area contributed by atoms with E-state index in [9.17, 15) is 9.90 Å². The molecule has 2 aromatic carbocycles. The van der Waals surface area contributed by atoms with Crippen LogP contribution in [0.25, 0.3) is 0 Å². The second-order valence-electron chi connectivity index (χ2n) is 5.94. The number of Topliss-reactive ketones (excluding diaryl/α,β-unsaturated/α-hetero) is 1. The predicted molar refractivity (Wildman–Crippen MR) is 92.9 cm³/mol. The largest absolute Gasteiger partial charge is 0.392 e. The maximum atomic E-state index is 12.4. The van der Waals surface area contributed by atoms with Crippen molar-refractivity contribution in [1.82, 2.24) is 9.55 Å². The van der Waals surface area contributed by atoms with Gasteiger partial charge in [-0.1, -0.05) is 54.1 Å². The third-order valence-electron chi connectivity index (χ3n) is 3.96. The molecule has 1 N–H and O–H groups in total. The molecule has 4 nitrogen and oxygen atoms in total. The van der Waals surface area contributed by atoms with E-state index in [-0.39, 0.29) is 18.8 Å². The summed E-state index contributed by atoms with van der Waals surface area (Å²) in [6.07, 6.45) is 3.89. The molecule has 0 spiro atoms. The maximum absolute atomic E-state index is 12.4. The highest BCUT2D eigenvalue weighted by Crippen LogP contribution is 2.13. The number of hydrogen-bond acceptors (Lipinski definition) is 3. The number of hydrogen-bond donors (Lipinski definition) is 1. The Bertz CT molecular complexity index is 852. The Hall–Kier alpha value is -2.72. The van der Waals surface area contributed by atoms with Crippen LogP contribution in [0.15, 0.2) is 61.1 Å². The van der Waals surface area contributed by atoms with Gasteiger partial charge < -0.3 is 9.67 Å². The third-order valence-corrected chi connectivity index (χ3v) is 3.96. The van der Waals surface area contributed by atoms with Crippen LogP contribution in [0.5, 0.6) is 0 Å². The molecular formula is C20H20N2O2. The van der Waals surface area contributed by atoms with Crippen LogP contribution in [0, 0.1) is 6.92 Å². The molecule has 0 fully saturated rings. The van der Waals surface area contributed by atoms with Gasteiger partial charge in [0.25, 0.3) is 0 Å². The monoisotopic (exact) mass is 320 g/mol. The summed E-state index contributed by atoms with van der Waals surface area (Å²) in [6.45, 7) is 2.67. The highest BCUT2D eigenvalue weighted by atomic mass is 16.3. The van der Waals surface area contributed by atoms with E-state index >= 15 is 0 Å². The smallest absolute Gasteiger partial charge is 0.169 e. The lowest BCUT2D eigenvalue weighted by Crippen LogP contribution is -2.07. The van der Waals surface area contributed by atoms with Crippen molar-refractivity contribution in [2.45, 2.75) is 26.5 Å². The van der Waals surface area contributed by atoms with Gasteiger partial charge in [-0.25, -0.2) is 4.98 Å². The molecule has 1 heterocycles. The number of aliphatic hydroxyl groups is 1. The number of aryl methyl sites for hydroxylation is 1. The molecule has 0 bridgehead atoms. The van der Waals surface area contributed by atoms with Gasteiger partial charge in [-0.15, -0.1) is 0 Å². The highest BCUT2D eigenvalue weighted by Gasteiger charge is 2.12. The Kier molecular flexibility index (Phi) is 4.87. The summed E-state index contributed by atoms with van der Waals surface area (Å²) in [4.78, 5) is 16.8. The highest BCUT2D eigenvalue weighted by molar-refractivity contribution is 5.98. The summed E-state index contributed by atoms with van der Waals surface area (Å²) in [7, 11) is 0. The fourth-order valence-electron chi connectivity index (χ4n) is 2.80. The van der Waals surface area contributed by atoms with Crippen molar-refractivity contribution in [3.8, 4) is 0 Å². The van der Waals surface area contributed by atoms with Crippen molar-refractivity contribution < 1.29 is 9.90 Å². The average Bonchev–Trinajstić information content (AvgIpc) is 3.01. The van der Waals surface area contributed by atoms with Crippen molar-refractivity contribution in [3.05, 3.63) is 89.0 Å². The number of imidazole rings is 1. The van der Waals surface area contributed by atoms with Gasteiger partial charge in [-0.05, 0) is 18.1 Å². The molecule has 0 aliphatic carbocycles. The fraction of sp³-hybridized carbons (Fsp3) is 0.200. The Morgan fingerprint density at radius 3 is 2.79 bits per heavy atom. The summed E-state index contributed by atoms with van der Waals surface area (Å²) in [5.41, 5.74) is 4.38. The molecule has 4 heteroatoms. The normalized spacial score (nSPS) is 10.8. The number of aliphatic hydroxyl groups excluding tert-OH is 1. The van der Waals surface area contributed by atoms with Crippen LogP contribution in [0.2, 0.25) is 0 Å². The lowest BCUT2D eigenvalue weighted by molar-refractivity contribution is 0.0989. The van der Waals surface area contributed by atoms with Crippen molar-refractivity contribution >= 4 is 5.78 Å². The first-order chi connectivity index (χ1) is 11.7. The van der Waals surface area contributed by atoms with Crippen molar-refractivity contribution in [1.29, 1.82) is 0 Å². The Balaban J connectivity index is 1.71. The molecule has 0 saturated heterocycles. The molecule has 0 amide bonds. The molecule has 3 aromatic rings. The summed E-state index contributed by atoms with van der Waals surface area (Å²) in [5, 5.41) is 9.35. The molecule has 122 valence electrons. The van der Waals surface area contributed by atoms with Gasteiger partial charge in [0.1, 0.15) is 0 Å². The van der Waals surface area contributed by atoms with Gasteiger partial charge in [-0.2, -0.15) is 0 Å². The Labute approximate surface area is 141 Å². The first-order valence-corrected chi connectivity index (χ1v) is 7.94. The minimum absolute atomic E-state index is 0.0274. The average molecular weight is 320 g/mol. The standard InChI is InChI=1S/C20H20N2O2/c1-15-5-4-6-16(9-15)11-22-12-18(21-14-22)10-20(24)19-8-3-2-7-17(19)13-23/h2-9,12,14,23H,10-11,13H2,1H3. The minimum Gasteiger partial charge on any atom is -0.392 e. The van der Waals surface area contributed by atoms with Crippen LogP contribution in [0.4, 0.5) is 0 Å². The SMILES string of the molecule is Cc1cccc(Cn2cnc(CC(=O)c3ccccc3CO)c2)c1. The fourth-order valence-corrected chi connectivity index (χ4v) is 2.80. The summed E-state index contributed by atoms with van der Waals surface area (Å²) in [5.74, 6) is -0.0274. The zero-order chi connectivity index (χ0) is 16.9. The van der Waals surface area contributed by atoms with Crippen LogP contribution < -0.4 is 0 Å². The Morgan fingerprint density at radius 1 is 1.17 bits per heavy atom. The molecule has 3 rings (SSSR count).